The zero-order valence-electron chi connectivity index (χ0n) is 14.9. The number of likely N-dealkylation sites (N-methyl/N-ethyl adjacent to an activating group) is 1. The third-order valence-electron chi connectivity index (χ3n) is 3.83. The molecule has 138 valence electrons. The van der Waals surface area contributed by atoms with Crippen molar-refractivity contribution in [2.75, 3.05) is 12.8 Å². The van der Waals surface area contributed by atoms with Gasteiger partial charge in [-0.05, 0) is 25.0 Å². The lowest BCUT2D eigenvalue weighted by atomic mass is 10.0. The zero-order chi connectivity index (χ0) is 19.3. The second-order valence-electron chi connectivity index (χ2n) is 5.73. The summed E-state index contributed by atoms with van der Waals surface area (Å²) < 4.78 is 0.488. The first-order valence-electron chi connectivity index (χ1n) is 7.94. The lowest BCUT2D eigenvalue weighted by Crippen LogP contribution is -2.34. The number of thioether (sulfide) groups is 1. The summed E-state index contributed by atoms with van der Waals surface area (Å²) in [6, 6.07) is 9.18. The van der Waals surface area contributed by atoms with Crippen molar-refractivity contribution in [1.82, 2.24) is 9.88 Å². The van der Waals surface area contributed by atoms with Crippen LogP contribution in [0.2, 0.25) is 4.47 Å². The lowest BCUT2D eigenvalue weighted by molar-refractivity contribution is -0.124. The Labute approximate surface area is 167 Å². The number of aliphatic hydroxyl groups is 1. The van der Waals surface area contributed by atoms with Gasteiger partial charge in [0.1, 0.15) is 5.76 Å². The number of halogens is 1. The smallest absolute Gasteiger partial charge is 0.258 e. The highest BCUT2D eigenvalue weighted by atomic mass is 35.5. The second-order valence-corrected chi connectivity index (χ2v) is 8.65. The van der Waals surface area contributed by atoms with Crippen LogP contribution in [0.4, 0.5) is 0 Å². The van der Waals surface area contributed by atoms with Crippen molar-refractivity contribution in [2.24, 2.45) is 0 Å². The first-order chi connectivity index (χ1) is 12.3. The molecule has 1 amide bonds. The standard InChI is InChI=1S/C19H21ClN2O2S2/c1-12(16-10-21-19(20)26-16)11-25-14(3)22(4)18(24)17(13(2)23)15-8-6-5-7-9-15/h5-10,14,23H,1,11H2,2-4H3/b17-13+. The Balaban J connectivity index is 2.04. The third-order valence-corrected chi connectivity index (χ3v) is 6.36. The molecule has 2 aromatic rings. The number of nitrogens with zero attached hydrogens (tertiary/aromatic N) is 2. The number of aromatic nitrogens is 1. The van der Waals surface area contributed by atoms with Gasteiger partial charge in [-0.2, -0.15) is 0 Å². The molecule has 0 saturated heterocycles. The molecule has 1 aromatic heterocycles. The summed E-state index contributed by atoms with van der Waals surface area (Å²) in [5.41, 5.74) is 1.93. The van der Waals surface area contributed by atoms with Gasteiger partial charge in [-0.3, -0.25) is 4.79 Å². The zero-order valence-corrected chi connectivity index (χ0v) is 17.3. The number of aliphatic hydroxyl groups excluding tert-OH is 1. The van der Waals surface area contributed by atoms with Gasteiger partial charge in [0.05, 0.1) is 15.8 Å². The number of rotatable bonds is 7. The van der Waals surface area contributed by atoms with Gasteiger partial charge in [-0.1, -0.05) is 48.5 Å². The Morgan fingerprint density at radius 1 is 1.42 bits per heavy atom. The average molecular weight is 409 g/mol. The van der Waals surface area contributed by atoms with E-state index in [9.17, 15) is 9.90 Å². The summed E-state index contributed by atoms with van der Waals surface area (Å²) >= 11 is 8.83. The van der Waals surface area contributed by atoms with Crippen molar-refractivity contribution >= 4 is 51.8 Å². The molecule has 26 heavy (non-hydrogen) atoms. The summed E-state index contributed by atoms with van der Waals surface area (Å²) in [5.74, 6) is 0.441. The van der Waals surface area contributed by atoms with Crippen molar-refractivity contribution in [3.05, 3.63) is 63.8 Å². The molecule has 7 heteroatoms. The van der Waals surface area contributed by atoms with Gasteiger partial charge in [0.2, 0.25) is 0 Å². The molecule has 1 atom stereocenters. The van der Waals surface area contributed by atoms with Crippen LogP contribution in [0.15, 0.2) is 48.9 Å². The van der Waals surface area contributed by atoms with Crippen LogP contribution >= 0.6 is 34.7 Å². The van der Waals surface area contributed by atoms with Crippen molar-refractivity contribution < 1.29 is 9.90 Å². The quantitative estimate of drug-likeness (QED) is 0.382. The molecule has 1 N–H and O–H groups in total. The molecule has 0 bridgehead atoms. The van der Waals surface area contributed by atoms with E-state index in [1.165, 1.54) is 18.3 Å². The van der Waals surface area contributed by atoms with Crippen LogP contribution in [-0.2, 0) is 4.79 Å². The first kappa shape index (κ1) is 20.6. The van der Waals surface area contributed by atoms with Gasteiger partial charge in [0, 0.05) is 19.0 Å². The molecule has 0 fully saturated rings. The maximum atomic E-state index is 12.9. The van der Waals surface area contributed by atoms with Crippen LogP contribution in [0.3, 0.4) is 0 Å². The minimum atomic E-state index is -0.220. The topological polar surface area (TPSA) is 53.4 Å². The van der Waals surface area contributed by atoms with Crippen LogP contribution < -0.4 is 0 Å². The van der Waals surface area contributed by atoms with Crippen LogP contribution in [0.5, 0.6) is 0 Å². The van der Waals surface area contributed by atoms with Gasteiger partial charge in [0.15, 0.2) is 4.47 Å². The Bertz CT molecular complexity index is 814. The number of hydrogen-bond acceptors (Lipinski definition) is 5. The molecule has 0 spiro atoms. The van der Waals surface area contributed by atoms with Gasteiger partial charge < -0.3 is 10.0 Å². The van der Waals surface area contributed by atoms with Crippen LogP contribution in [0.25, 0.3) is 11.1 Å². The monoisotopic (exact) mass is 408 g/mol. The molecule has 0 radical (unpaired) electrons. The molecular weight excluding hydrogens is 388 g/mol. The summed E-state index contributed by atoms with van der Waals surface area (Å²) in [5, 5.41) is 9.93. The normalized spacial score (nSPS) is 13.1. The van der Waals surface area contributed by atoms with Crippen LogP contribution in [0.1, 0.15) is 24.3 Å². The van der Waals surface area contributed by atoms with E-state index in [1.54, 1.807) is 29.9 Å². The molecule has 2 rings (SSSR count). The van der Waals surface area contributed by atoms with Gasteiger partial charge in [-0.15, -0.1) is 23.1 Å². The van der Waals surface area contributed by atoms with Gasteiger partial charge >= 0.3 is 0 Å². The van der Waals surface area contributed by atoms with Gasteiger partial charge in [-0.25, -0.2) is 4.98 Å². The van der Waals surface area contributed by atoms with Crippen LogP contribution in [-0.4, -0.2) is 39.1 Å². The fraction of sp³-hybridized carbons (Fsp3) is 0.263. The number of carbonyl (C=O) groups excluding carboxylic acids is 1. The lowest BCUT2D eigenvalue weighted by Gasteiger charge is -2.26. The Kier molecular flexibility index (Phi) is 7.32. The van der Waals surface area contributed by atoms with E-state index in [1.807, 2.05) is 37.3 Å². The molecule has 1 unspecified atom stereocenters. The van der Waals surface area contributed by atoms with Crippen molar-refractivity contribution in [1.29, 1.82) is 0 Å². The molecule has 0 aliphatic rings. The van der Waals surface area contributed by atoms with Crippen molar-refractivity contribution in [3.8, 4) is 0 Å². The summed E-state index contributed by atoms with van der Waals surface area (Å²) in [6.07, 6.45) is 1.71. The molecular formula is C19H21ClN2O2S2. The highest BCUT2D eigenvalue weighted by Crippen LogP contribution is 2.29. The van der Waals surface area contributed by atoms with E-state index in [0.717, 1.165) is 10.5 Å². The van der Waals surface area contributed by atoms with Crippen LogP contribution in [0, 0.1) is 0 Å². The Morgan fingerprint density at radius 2 is 2.08 bits per heavy atom. The van der Waals surface area contributed by atoms with E-state index >= 15 is 0 Å². The van der Waals surface area contributed by atoms with E-state index in [4.69, 9.17) is 11.6 Å². The Morgan fingerprint density at radius 3 is 2.62 bits per heavy atom. The minimum Gasteiger partial charge on any atom is -0.512 e. The van der Waals surface area contributed by atoms with Crippen molar-refractivity contribution in [3.63, 3.8) is 0 Å². The van der Waals surface area contributed by atoms with E-state index in [-0.39, 0.29) is 17.0 Å². The fourth-order valence-electron chi connectivity index (χ4n) is 2.25. The largest absolute Gasteiger partial charge is 0.512 e. The average Bonchev–Trinajstić information content (AvgIpc) is 3.06. The summed E-state index contributed by atoms with van der Waals surface area (Å²) in [6.45, 7) is 7.54. The van der Waals surface area contributed by atoms with E-state index < -0.39 is 0 Å². The molecule has 0 saturated carbocycles. The number of amides is 1. The predicted molar refractivity (Wildman–Crippen MR) is 113 cm³/mol. The minimum absolute atomic E-state index is 0.00830. The first-order valence-corrected chi connectivity index (χ1v) is 10.2. The summed E-state index contributed by atoms with van der Waals surface area (Å²) in [7, 11) is 1.73. The number of benzene rings is 1. The maximum Gasteiger partial charge on any atom is 0.258 e. The predicted octanol–water partition coefficient (Wildman–Crippen LogP) is 5.34. The molecule has 0 aliphatic carbocycles. The SMILES string of the molecule is C=C(CSC(C)N(C)C(=O)/C(=C(\C)O)c1ccccc1)c1cnc(Cl)s1. The third kappa shape index (κ3) is 5.13. The number of thiazole rings is 1. The maximum absolute atomic E-state index is 12.9. The number of hydrogen-bond donors (Lipinski definition) is 1. The van der Waals surface area contributed by atoms with E-state index in [2.05, 4.69) is 11.6 Å². The molecule has 4 nitrogen and oxygen atoms in total. The molecule has 1 aromatic carbocycles. The second kappa shape index (κ2) is 9.26. The molecule has 0 aliphatic heterocycles. The summed E-state index contributed by atoms with van der Waals surface area (Å²) in [4.78, 5) is 19.5. The van der Waals surface area contributed by atoms with Crippen molar-refractivity contribution in [2.45, 2.75) is 19.2 Å². The molecule has 1 heterocycles. The number of allylic oxidation sites excluding steroid dienone is 1. The Hall–Kier alpha value is -1.76. The highest BCUT2D eigenvalue weighted by Gasteiger charge is 2.23. The fourth-order valence-corrected chi connectivity index (χ4v) is 4.17. The number of carbonyl (C=O) groups is 1. The van der Waals surface area contributed by atoms with E-state index in [0.29, 0.717) is 21.4 Å². The van der Waals surface area contributed by atoms with Gasteiger partial charge in [0.25, 0.3) is 5.91 Å². The highest BCUT2D eigenvalue weighted by molar-refractivity contribution is 8.00.